The molecule has 176 valence electrons. The quantitative estimate of drug-likeness (QED) is 0.249. The molecule has 0 aliphatic heterocycles. The fourth-order valence-corrected chi connectivity index (χ4v) is 6.39. The monoisotopic (exact) mass is 476 g/mol. The normalized spacial score (nSPS) is 13.9. The second-order valence-corrected chi connectivity index (χ2v) is 10.4. The number of fused-ring (bicyclic) bond motifs is 8. The zero-order valence-corrected chi connectivity index (χ0v) is 20.7. The second-order valence-electron chi connectivity index (χ2n) is 10.4. The summed E-state index contributed by atoms with van der Waals surface area (Å²) in [5, 5.41) is 3.56. The van der Waals surface area contributed by atoms with Crippen molar-refractivity contribution in [2.24, 2.45) is 0 Å². The molecular formula is C34H24N2O. The number of aromatic nitrogens is 2. The van der Waals surface area contributed by atoms with Gasteiger partial charge < -0.3 is 4.42 Å². The van der Waals surface area contributed by atoms with Crippen molar-refractivity contribution in [3.63, 3.8) is 0 Å². The number of furan rings is 1. The maximum absolute atomic E-state index is 6.29. The van der Waals surface area contributed by atoms with Crippen LogP contribution in [-0.4, -0.2) is 9.55 Å². The van der Waals surface area contributed by atoms with Crippen molar-refractivity contribution in [1.29, 1.82) is 0 Å². The van der Waals surface area contributed by atoms with E-state index in [-0.39, 0.29) is 5.41 Å². The summed E-state index contributed by atoms with van der Waals surface area (Å²) in [5.41, 5.74) is 10.3. The molecule has 3 heteroatoms. The van der Waals surface area contributed by atoms with Gasteiger partial charge in [0.25, 0.3) is 0 Å². The zero-order valence-electron chi connectivity index (χ0n) is 20.7. The van der Waals surface area contributed by atoms with Crippen LogP contribution in [0.2, 0.25) is 0 Å². The summed E-state index contributed by atoms with van der Waals surface area (Å²) in [6.07, 6.45) is 1.98. The Bertz CT molecular complexity index is 2000. The summed E-state index contributed by atoms with van der Waals surface area (Å²) in [7, 11) is 0. The molecule has 7 aromatic rings. The Hall–Kier alpha value is -4.63. The molecule has 1 aliphatic rings. The lowest BCUT2D eigenvalue weighted by atomic mass is 9.81. The third-order valence-corrected chi connectivity index (χ3v) is 8.05. The molecule has 4 aromatic carbocycles. The minimum Gasteiger partial charge on any atom is -0.455 e. The van der Waals surface area contributed by atoms with Crippen LogP contribution in [0.25, 0.3) is 61.0 Å². The van der Waals surface area contributed by atoms with Crippen molar-refractivity contribution >= 4 is 32.8 Å². The van der Waals surface area contributed by atoms with Gasteiger partial charge in [-0.05, 0) is 35.4 Å². The Kier molecular flexibility index (Phi) is 4.00. The summed E-state index contributed by atoms with van der Waals surface area (Å²) in [6, 6.07) is 36.3. The van der Waals surface area contributed by atoms with Crippen LogP contribution in [-0.2, 0) is 5.41 Å². The summed E-state index contributed by atoms with van der Waals surface area (Å²) in [6.45, 7) is 4.66. The Morgan fingerprint density at radius 2 is 1.41 bits per heavy atom. The predicted octanol–water partition coefficient (Wildman–Crippen LogP) is 8.90. The van der Waals surface area contributed by atoms with Gasteiger partial charge in [-0.25, -0.2) is 4.98 Å². The number of nitrogens with zero attached hydrogens (tertiary/aromatic N) is 2. The summed E-state index contributed by atoms with van der Waals surface area (Å²) >= 11 is 0. The van der Waals surface area contributed by atoms with Gasteiger partial charge in [0.15, 0.2) is 0 Å². The molecule has 3 aromatic heterocycles. The van der Waals surface area contributed by atoms with E-state index >= 15 is 0 Å². The highest BCUT2D eigenvalue weighted by Crippen LogP contribution is 2.53. The Morgan fingerprint density at radius 3 is 2.27 bits per heavy atom. The number of para-hydroxylation sites is 3. The molecular weight excluding hydrogens is 452 g/mol. The van der Waals surface area contributed by atoms with Gasteiger partial charge in [0.2, 0.25) is 0 Å². The van der Waals surface area contributed by atoms with E-state index in [0.717, 1.165) is 38.9 Å². The van der Waals surface area contributed by atoms with E-state index in [4.69, 9.17) is 9.40 Å². The van der Waals surface area contributed by atoms with Crippen LogP contribution in [0.3, 0.4) is 0 Å². The van der Waals surface area contributed by atoms with Gasteiger partial charge in [0.1, 0.15) is 17.0 Å². The first-order valence-electron chi connectivity index (χ1n) is 12.7. The molecule has 0 spiro atoms. The zero-order chi connectivity index (χ0) is 24.7. The molecule has 0 atom stereocenters. The van der Waals surface area contributed by atoms with E-state index in [2.05, 4.69) is 109 Å². The molecule has 0 fully saturated rings. The van der Waals surface area contributed by atoms with E-state index in [1.807, 2.05) is 18.3 Å². The van der Waals surface area contributed by atoms with Crippen LogP contribution < -0.4 is 0 Å². The van der Waals surface area contributed by atoms with E-state index in [1.165, 1.54) is 33.3 Å². The third-order valence-electron chi connectivity index (χ3n) is 8.05. The van der Waals surface area contributed by atoms with Crippen molar-refractivity contribution in [1.82, 2.24) is 9.55 Å². The summed E-state index contributed by atoms with van der Waals surface area (Å²) < 4.78 is 8.62. The first-order valence-corrected chi connectivity index (χ1v) is 12.7. The average molecular weight is 477 g/mol. The molecule has 3 nitrogen and oxygen atoms in total. The number of hydrogen-bond acceptors (Lipinski definition) is 2. The fourth-order valence-electron chi connectivity index (χ4n) is 6.39. The third kappa shape index (κ3) is 2.69. The highest BCUT2D eigenvalue weighted by atomic mass is 16.3. The molecule has 0 radical (unpaired) electrons. The van der Waals surface area contributed by atoms with Crippen molar-refractivity contribution in [3.05, 3.63) is 120 Å². The van der Waals surface area contributed by atoms with Gasteiger partial charge in [0, 0.05) is 44.5 Å². The molecule has 37 heavy (non-hydrogen) atoms. The Balaban J connectivity index is 1.34. The molecule has 0 N–H and O–H groups in total. The highest BCUT2D eigenvalue weighted by Gasteiger charge is 2.40. The molecule has 3 heterocycles. The van der Waals surface area contributed by atoms with Crippen LogP contribution in [0.1, 0.15) is 25.0 Å². The average Bonchev–Trinajstić information content (AvgIpc) is 3.56. The summed E-state index contributed by atoms with van der Waals surface area (Å²) in [4.78, 5) is 5.03. The van der Waals surface area contributed by atoms with Gasteiger partial charge in [-0.15, -0.1) is 0 Å². The largest absolute Gasteiger partial charge is 0.455 e. The van der Waals surface area contributed by atoms with Crippen molar-refractivity contribution in [3.8, 4) is 28.2 Å². The first kappa shape index (κ1) is 20.6. The van der Waals surface area contributed by atoms with Gasteiger partial charge in [0.05, 0.1) is 11.2 Å². The molecule has 0 bridgehead atoms. The molecule has 0 saturated heterocycles. The van der Waals surface area contributed by atoms with E-state index in [9.17, 15) is 0 Å². The number of pyridine rings is 1. The molecule has 0 amide bonds. The number of benzene rings is 4. The molecule has 1 aliphatic carbocycles. The fraction of sp³-hybridized carbons (Fsp3) is 0.0882. The first-order chi connectivity index (χ1) is 18.1. The lowest BCUT2D eigenvalue weighted by Gasteiger charge is -2.21. The maximum atomic E-state index is 6.29. The minimum absolute atomic E-state index is 0.0757. The number of hydrogen-bond donors (Lipinski definition) is 0. The summed E-state index contributed by atoms with van der Waals surface area (Å²) in [5.74, 6) is 0.922. The van der Waals surface area contributed by atoms with Crippen LogP contribution in [0.15, 0.2) is 114 Å². The van der Waals surface area contributed by atoms with E-state index in [0.29, 0.717) is 0 Å². The van der Waals surface area contributed by atoms with Crippen LogP contribution >= 0.6 is 0 Å². The van der Waals surface area contributed by atoms with Crippen molar-refractivity contribution in [2.75, 3.05) is 0 Å². The number of rotatable bonds is 2. The Labute approximate surface area is 214 Å². The highest BCUT2D eigenvalue weighted by molar-refractivity contribution is 6.09. The topological polar surface area (TPSA) is 31.0 Å². The SMILES string of the molecule is CC1(C)c2ccccc2-c2c1c1ccccc1n2-c1ccc(-c2cccc3c2oc2ccccc23)cn1. The van der Waals surface area contributed by atoms with Gasteiger partial charge in [-0.1, -0.05) is 92.7 Å². The van der Waals surface area contributed by atoms with E-state index < -0.39 is 0 Å². The standard InChI is InChI=1S/C34H24N2O/c1-34(2)27-15-6-3-11-25(27)32-31(34)26-12-4-7-16-28(26)36(32)30-19-18-21(20-35-30)22-13-9-14-24-23-10-5-8-17-29(23)37-33(22)24/h3-20H,1-2H3. The van der Waals surface area contributed by atoms with Gasteiger partial charge in [-0.2, -0.15) is 0 Å². The predicted molar refractivity (Wildman–Crippen MR) is 151 cm³/mol. The lowest BCUT2D eigenvalue weighted by Crippen LogP contribution is -2.14. The van der Waals surface area contributed by atoms with Crippen LogP contribution in [0, 0.1) is 0 Å². The van der Waals surface area contributed by atoms with Gasteiger partial charge >= 0.3 is 0 Å². The minimum atomic E-state index is -0.0757. The maximum Gasteiger partial charge on any atom is 0.143 e. The van der Waals surface area contributed by atoms with Crippen LogP contribution in [0.5, 0.6) is 0 Å². The Morgan fingerprint density at radius 1 is 0.676 bits per heavy atom. The van der Waals surface area contributed by atoms with Crippen LogP contribution in [0.4, 0.5) is 0 Å². The van der Waals surface area contributed by atoms with E-state index in [1.54, 1.807) is 0 Å². The molecule has 0 unspecified atom stereocenters. The van der Waals surface area contributed by atoms with Gasteiger partial charge in [-0.3, -0.25) is 4.57 Å². The molecule has 8 rings (SSSR count). The molecule has 0 saturated carbocycles. The smallest absolute Gasteiger partial charge is 0.143 e. The van der Waals surface area contributed by atoms with Crippen molar-refractivity contribution in [2.45, 2.75) is 19.3 Å². The second kappa shape index (κ2) is 7.21. The van der Waals surface area contributed by atoms with Crippen molar-refractivity contribution < 1.29 is 4.42 Å². The lowest BCUT2D eigenvalue weighted by molar-refractivity contribution is 0.666.